The van der Waals surface area contributed by atoms with Gasteiger partial charge in [-0.25, -0.2) is 9.79 Å². The van der Waals surface area contributed by atoms with Crippen LogP contribution in [0.3, 0.4) is 0 Å². The summed E-state index contributed by atoms with van der Waals surface area (Å²) in [5, 5.41) is 5.43. The molecule has 3 aromatic carbocycles. The highest BCUT2D eigenvalue weighted by Gasteiger charge is 2.31. The number of benzene rings is 3. The van der Waals surface area contributed by atoms with E-state index >= 15 is 0 Å². The van der Waals surface area contributed by atoms with E-state index in [9.17, 15) is 9.59 Å². The van der Waals surface area contributed by atoms with Gasteiger partial charge in [0.1, 0.15) is 5.75 Å². The average Bonchev–Trinajstić information content (AvgIpc) is 2.90. The van der Waals surface area contributed by atoms with Crippen molar-refractivity contribution in [3.8, 4) is 5.75 Å². The molecule has 32 heavy (non-hydrogen) atoms. The highest BCUT2D eigenvalue weighted by Crippen LogP contribution is 2.27. The van der Waals surface area contributed by atoms with Crippen LogP contribution in [0.2, 0.25) is 0 Å². The second-order valence-electron chi connectivity index (χ2n) is 7.49. The van der Waals surface area contributed by atoms with Gasteiger partial charge in [-0.3, -0.25) is 4.79 Å². The van der Waals surface area contributed by atoms with Crippen molar-refractivity contribution >= 4 is 29.0 Å². The van der Waals surface area contributed by atoms with Crippen molar-refractivity contribution in [2.45, 2.75) is 13.1 Å². The number of urea groups is 1. The van der Waals surface area contributed by atoms with E-state index in [0.29, 0.717) is 17.1 Å². The van der Waals surface area contributed by atoms with E-state index in [1.54, 1.807) is 38.4 Å². The van der Waals surface area contributed by atoms with Crippen molar-refractivity contribution < 1.29 is 14.3 Å². The van der Waals surface area contributed by atoms with Gasteiger partial charge in [-0.15, -0.1) is 0 Å². The number of hydrogen-bond acceptors (Lipinski definition) is 4. The fourth-order valence-corrected chi connectivity index (χ4v) is 3.55. The quantitative estimate of drug-likeness (QED) is 0.660. The molecule has 0 fully saturated rings. The lowest BCUT2D eigenvalue weighted by Crippen LogP contribution is -2.47. The van der Waals surface area contributed by atoms with Crippen LogP contribution in [0.1, 0.15) is 16.7 Å². The smallest absolute Gasteiger partial charge is 0.321 e. The molecule has 1 aliphatic heterocycles. The standard InChI is InChI=1S/C25H24N4O3/c1-16-11-13-17(14-12-16)22-20-9-4-5-10-21(20)29(2)24(30)23(27-22)28-25(31)26-18-7-6-8-19(15-18)32-3/h4-15,23H,1-3H3,(H2,26,28,31). The molecule has 1 heterocycles. The molecular weight excluding hydrogens is 404 g/mol. The Kier molecular flexibility index (Phi) is 5.89. The van der Waals surface area contributed by atoms with Crippen LogP contribution >= 0.6 is 0 Å². The Balaban J connectivity index is 1.68. The summed E-state index contributed by atoms with van der Waals surface area (Å²) in [7, 11) is 3.24. The molecule has 1 aliphatic rings. The van der Waals surface area contributed by atoms with Crippen LogP contribution in [0.5, 0.6) is 5.75 Å². The second kappa shape index (κ2) is 8.93. The highest BCUT2D eigenvalue weighted by molar-refractivity contribution is 6.20. The molecule has 2 N–H and O–H groups in total. The van der Waals surface area contributed by atoms with Crippen molar-refractivity contribution in [1.82, 2.24) is 5.32 Å². The summed E-state index contributed by atoms with van der Waals surface area (Å²) < 4.78 is 5.19. The molecule has 0 aromatic heterocycles. The fraction of sp³-hybridized carbons (Fsp3) is 0.160. The molecule has 1 atom stereocenters. The van der Waals surface area contributed by atoms with E-state index < -0.39 is 12.2 Å². The number of benzodiazepines with no additional fused rings is 1. The molecule has 3 amide bonds. The first-order chi connectivity index (χ1) is 15.5. The largest absolute Gasteiger partial charge is 0.497 e. The van der Waals surface area contributed by atoms with Crippen molar-refractivity contribution in [2.75, 3.05) is 24.4 Å². The molecule has 3 aromatic rings. The van der Waals surface area contributed by atoms with Gasteiger partial charge in [0.15, 0.2) is 0 Å². The molecular formula is C25H24N4O3. The minimum Gasteiger partial charge on any atom is -0.497 e. The van der Waals surface area contributed by atoms with Crippen molar-refractivity contribution in [2.24, 2.45) is 4.99 Å². The van der Waals surface area contributed by atoms with Crippen molar-refractivity contribution in [3.05, 3.63) is 89.5 Å². The number of nitrogens with zero attached hydrogens (tertiary/aromatic N) is 2. The molecule has 0 spiro atoms. The number of ether oxygens (including phenoxy) is 1. The Labute approximate surface area is 186 Å². The number of anilines is 2. The SMILES string of the molecule is COc1cccc(NC(=O)NC2N=C(c3ccc(C)cc3)c3ccccc3N(C)C2=O)c1. The summed E-state index contributed by atoms with van der Waals surface area (Å²) in [6, 6.07) is 21.9. The third-order valence-corrected chi connectivity index (χ3v) is 5.26. The molecule has 4 rings (SSSR count). The zero-order chi connectivity index (χ0) is 22.7. The van der Waals surface area contributed by atoms with Crippen LogP contribution in [-0.2, 0) is 4.79 Å². The van der Waals surface area contributed by atoms with Gasteiger partial charge in [-0.2, -0.15) is 0 Å². The predicted molar refractivity (Wildman–Crippen MR) is 126 cm³/mol. The average molecular weight is 428 g/mol. The summed E-state index contributed by atoms with van der Waals surface area (Å²) in [6.07, 6.45) is -1.09. The van der Waals surface area contributed by atoms with Gasteiger partial charge in [0, 0.05) is 29.9 Å². The molecule has 0 radical (unpaired) electrons. The number of aliphatic imine (C=N–C) groups is 1. The maximum atomic E-state index is 13.2. The molecule has 1 unspecified atom stereocenters. The number of carbonyl (C=O) groups excluding carboxylic acids is 2. The molecule has 0 aliphatic carbocycles. The molecule has 7 nitrogen and oxygen atoms in total. The molecule has 0 bridgehead atoms. The Bertz CT molecular complexity index is 1190. The van der Waals surface area contributed by atoms with E-state index in [1.165, 1.54) is 4.90 Å². The third-order valence-electron chi connectivity index (χ3n) is 5.26. The number of nitrogens with one attached hydrogen (secondary N) is 2. The number of aryl methyl sites for hydroxylation is 1. The third kappa shape index (κ3) is 4.32. The van der Waals surface area contributed by atoms with Crippen molar-refractivity contribution in [3.63, 3.8) is 0 Å². The van der Waals surface area contributed by atoms with Crippen LogP contribution in [-0.4, -0.2) is 38.0 Å². The van der Waals surface area contributed by atoms with Gasteiger partial charge in [0.05, 0.1) is 18.5 Å². The number of fused-ring (bicyclic) bond motifs is 1. The van der Waals surface area contributed by atoms with E-state index in [1.807, 2.05) is 55.5 Å². The monoisotopic (exact) mass is 428 g/mol. The first-order valence-electron chi connectivity index (χ1n) is 10.2. The minimum atomic E-state index is -1.09. The van der Waals surface area contributed by atoms with Gasteiger partial charge < -0.3 is 20.3 Å². The van der Waals surface area contributed by atoms with E-state index in [2.05, 4.69) is 10.6 Å². The summed E-state index contributed by atoms with van der Waals surface area (Å²) in [5.41, 5.74) is 4.73. The van der Waals surface area contributed by atoms with Crippen LogP contribution in [0.15, 0.2) is 77.8 Å². The Morgan fingerprint density at radius 1 is 1.03 bits per heavy atom. The first-order valence-corrected chi connectivity index (χ1v) is 10.2. The lowest BCUT2D eigenvalue weighted by molar-refractivity contribution is -0.119. The van der Waals surface area contributed by atoms with Crippen LogP contribution in [0, 0.1) is 6.92 Å². The summed E-state index contributed by atoms with van der Waals surface area (Å²) in [4.78, 5) is 32.1. The van der Waals surface area contributed by atoms with Gasteiger partial charge >= 0.3 is 6.03 Å². The Morgan fingerprint density at radius 2 is 1.78 bits per heavy atom. The lowest BCUT2D eigenvalue weighted by Gasteiger charge is -2.21. The van der Waals surface area contributed by atoms with E-state index in [-0.39, 0.29) is 5.91 Å². The number of methoxy groups -OCH3 is 1. The van der Waals surface area contributed by atoms with Gasteiger partial charge in [-0.05, 0) is 25.1 Å². The summed E-state index contributed by atoms with van der Waals surface area (Å²) >= 11 is 0. The number of rotatable bonds is 4. The normalized spacial score (nSPS) is 15.3. The lowest BCUT2D eigenvalue weighted by atomic mass is 9.99. The summed E-state index contributed by atoms with van der Waals surface area (Å²) in [5.74, 6) is 0.281. The molecule has 0 saturated carbocycles. The van der Waals surface area contributed by atoms with Gasteiger partial charge in [0.2, 0.25) is 6.17 Å². The van der Waals surface area contributed by atoms with Gasteiger partial charge in [0.25, 0.3) is 5.91 Å². The maximum Gasteiger partial charge on any atom is 0.321 e. The van der Waals surface area contributed by atoms with Crippen LogP contribution in [0.25, 0.3) is 0 Å². The van der Waals surface area contributed by atoms with Crippen LogP contribution < -0.4 is 20.3 Å². The topological polar surface area (TPSA) is 83.0 Å². The fourth-order valence-electron chi connectivity index (χ4n) is 3.55. The Hall–Kier alpha value is -4.13. The Morgan fingerprint density at radius 3 is 2.53 bits per heavy atom. The minimum absolute atomic E-state index is 0.333. The zero-order valence-electron chi connectivity index (χ0n) is 18.1. The number of carbonyl (C=O) groups is 2. The molecule has 7 heteroatoms. The molecule has 0 saturated heterocycles. The maximum absolute atomic E-state index is 13.2. The van der Waals surface area contributed by atoms with Crippen molar-refractivity contribution in [1.29, 1.82) is 0 Å². The highest BCUT2D eigenvalue weighted by atomic mass is 16.5. The van der Waals surface area contributed by atoms with E-state index in [4.69, 9.17) is 9.73 Å². The van der Waals surface area contributed by atoms with E-state index in [0.717, 1.165) is 22.4 Å². The zero-order valence-corrected chi connectivity index (χ0v) is 18.1. The van der Waals surface area contributed by atoms with Gasteiger partial charge in [-0.1, -0.05) is 54.1 Å². The second-order valence-corrected chi connectivity index (χ2v) is 7.49. The number of hydrogen-bond donors (Lipinski definition) is 2. The number of likely N-dealkylation sites (N-methyl/N-ethyl adjacent to an activating group) is 1. The first kappa shape index (κ1) is 21.1. The summed E-state index contributed by atoms with van der Waals surface area (Å²) in [6.45, 7) is 2.01. The predicted octanol–water partition coefficient (Wildman–Crippen LogP) is 3.97. The van der Waals surface area contributed by atoms with Crippen LogP contribution in [0.4, 0.5) is 16.2 Å². The number of para-hydroxylation sites is 1. The molecule has 162 valence electrons. The number of amides is 3.